The molecule has 6 nitrogen and oxygen atoms in total. The molecule has 1 amide bonds. The Hall–Kier alpha value is -3.48. The predicted molar refractivity (Wildman–Crippen MR) is 107 cm³/mol. The minimum Gasteiger partial charge on any atom is -0.441 e. The molecule has 29 heavy (non-hydrogen) atoms. The molecule has 148 valence electrons. The molecule has 0 radical (unpaired) electrons. The highest BCUT2D eigenvalue weighted by molar-refractivity contribution is 5.78. The highest BCUT2D eigenvalue weighted by atomic mass is 19.1. The predicted octanol–water partition coefficient (Wildman–Crippen LogP) is 3.73. The van der Waals surface area contributed by atoms with Gasteiger partial charge in [0.05, 0.1) is 23.8 Å². The SMILES string of the molecule is Cc1oc(-c2cccc(F)c2)nc1CC(=O)NCCCc1ncc2ccccn12. The van der Waals surface area contributed by atoms with E-state index in [1.54, 1.807) is 19.1 Å². The van der Waals surface area contributed by atoms with Crippen molar-refractivity contribution in [2.24, 2.45) is 0 Å². The molecule has 0 aliphatic rings. The first-order valence-corrected chi connectivity index (χ1v) is 9.50. The standard InChI is InChI=1S/C22H21FN4O2/c1-15-19(26-22(29-15)16-6-4-7-17(23)12-16)13-21(28)24-10-5-9-20-25-14-18-8-2-3-11-27(18)20/h2-4,6-8,11-12,14H,5,9-10,13H2,1H3,(H,24,28). The van der Waals surface area contributed by atoms with Crippen LogP contribution >= 0.6 is 0 Å². The topological polar surface area (TPSA) is 72.4 Å². The number of carbonyl (C=O) groups is 1. The maximum atomic E-state index is 13.4. The minimum atomic E-state index is -0.358. The van der Waals surface area contributed by atoms with E-state index >= 15 is 0 Å². The van der Waals surface area contributed by atoms with E-state index in [1.165, 1.54) is 12.1 Å². The Morgan fingerprint density at radius 1 is 1.24 bits per heavy atom. The molecular formula is C22H21FN4O2. The Labute approximate surface area is 167 Å². The average Bonchev–Trinajstić information content (AvgIpc) is 3.29. The van der Waals surface area contributed by atoms with Gasteiger partial charge in [-0.3, -0.25) is 4.79 Å². The van der Waals surface area contributed by atoms with Gasteiger partial charge in [-0.05, 0) is 43.7 Å². The number of aryl methyl sites for hydroxylation is 2. The van der Waals surface area contributed by atoms with Crippen LogP contribution in [0, 0.1) is 12.7 Å². The summed E-state index contributed by atoms with van der Waals surface area (Å²) in [4.78, 5) is 21.1. The molecule has 3 aromatic heterocycles. The van der Waals surface area contributed by atoms with Crippen molar-refractivity contribution in [2.75, 3.05) is 6.54 Å². The van der Waals surface area contributed by atoms with Crippen molar-refractivity contribution in [3.63, 3.8) is 0 Å². The summed E-state index contributed by atoms with van der Waals surface area (Å²) in [5, 5.41) is 2.91. The Morgan fingerprint density at radius 3 is 3.00 bits per heavy atom. The number of nitrogens with one attached hydrogen (secondary N) is 1. The van der Waals surface area contributed by atoms with Crippen molar-refractivity contribution >= 4 is 11.4 Å². The summed E-state index contributed by atoms with van der Waals surface area (Å²) < 4.78 is 21.0. The number of carbonyl (C=O) groups excluding carboxylic acids is 1. The largest absolute Gasteiger partial charge is 0.441 e. The molecule has 7 heteroatoms. The van der Waals surface area contributed by atoms with Gasteiger partial charge < -0.3 is 14.1 Å². The quantitative estimate of drug-likeness (QED) is 0.487. The molecule has 0 spiro atoms. The molecule has 4 rings (SSSR count). The normalized spacial score (nSPS) is 11.1. The lowest BCUT2D eigenvalue weighted by Crippen LogP contribution is -2.26. The molecule has 0 bridgehead atoms. The third kappa shape index (κ3) is 4.34. The van der Waals surface area contributed by atoms with Gasteiger partial charge in [0.25, 0.3) is 0 Å². The molecule has 0 unspecified atom stereocenters. The van der Waals surface area contributed by atoms with Gasteiger partial charge in [-0.15, -0.1) is 0 Å². The van der Waals surface area contributed by atoms with Crippen LogP contribution in [0.25, 0.3) is 17.0 Å². The lowest BCUT2D eigenvalue weighted by Gasteiger charge is -2.04. The van der Waals surface area contributed by atoms with Crippen LogP contribution in [-0.4, -0.2) is 26.8 Å². The molecule has 0 fully saturated rings. The molecule has 0 saturated carbocycles. The fourth-order valence-corrected chi connectivity index (χ4v) is 3.21. The van der Waals surface area contributed by atoms with E-state index in [9.17, 15) is 9.18 Å². The van der Waals surface area contributed by atoms with Gasteiger partial charge in [-0.1, -0.05) is 12.1 Å². The minimum absolute atomic E-state index is 0.122. The van der Waals surface area contributed by atoms with Crippen molar-refractivity contribution in [2.45, 2.75) is 26.2 Å². The molecule has 0 aliphatic carbocycles. The third-order valence-corrected chi connectivity index (χ3v) is 4.71. The summed E-state index contributed by atoms with van der Waals surface area (Å²) in [6.07, 6.45) is 5.51. The summed E-state index contributed by atoms with van der Waals surface area (Å²) in [6.45, 7) is 2.30. The third-order valence-electron chi connectivity index (χ3n) is 4.71. The van der Waals surface area contributed by atoms with E-state index in [1.807, 2.05) is 30.6 Å². The maximum absolute atomic E-state index is 13.4. The van der Waals surface area contributed by atoms with Crippen LogP contribution in [-0.2, 0) is 17.6 Å². The molecule has 1 aromatic carbocycles. The molecule has 0 atom stereocenters. The molecule has 4 aromatic rings. The number of hydrogen-bond donors (Lipinski definition) is 1. The summed E-state index contributed by atoms with van der Waals surface area (Å²) in [5.74, 6) is 1.37. The highest BCUT2D eigenvalue weighted by Gasteiger charge is 2.15. The Kier molecular flexibility index (Phi) is 5.37. The van der Waals surface area contributed by atoms with Crippen molar-refractivity contribution in [1.82, 2.24) is 19.7 Å². The summed E-state index contributed by atoms with van der Waals surface area (Å²) in [6, 6.07) is 12.0. The number of oxazole rings is 1. The summed E-state index contributed by atoms with van der Waals surface area (Å²) >= 11 is 0. The average molecular weight is 392 g/mol. The van der Waals surface area contributed by atoms with Gasteiger partial charge in [-0.2, -0.15) is 0 Å². The van der Waals surface area contributed by atoms with Gasteiger partial charge >= 0.3 is 0 Å². The Morgan fingerprint density at radius 2 is 2.14 bits per heavy atom. The number of aromatic nitrogens is 3. The van der Waals surface area contributed by atoms with Gasteiger partial charge in [-0.25, -0.2) is 14.4 Å². The zero-order valence-corrected chi connectivity index (χ0v) is 16.1. The number of hydrogen-bond acceptors (Lipinski definition) is 4. The number of pyridine rings is 1. The lowest BCUT2D eigenvalue weighted by atomic mass is 10.2. The molecule has 0 aliphatic heterocycles. The molecule has 1 N–H and O–H groups in total. The van der Waals surface area contributed by atoms with Gasteiger partial charge in [0.15, 0.2) is 0 Å². The van der Waals surface area contributed by atoms with Gasteiger partial charge in [0, 0.05) is 24.7 Å². The number of halogens is 1. The van der Waals surface area contributed by atoms with Crippen molar-refractivity contribution in [3.8, 4) is 11.5 Å². The first-order chi connectivity index (χ1) is 14.1. The maximum Gasteiger partial charge on any atom is 0.226 e. The van der Waals surface area contributed by atoms with Crippen molar-refractivity contribution < 1.29 is 13.6 Å². The second kappa shape index (κ2) is 8.26. The number of nitrogens with zero attached hydrogens (tertiary/aromatic N) is 3. The summed E-state index contributed by atoms with van der Waals surface area (Å²) in [7, 11) is 0. The molecule has 0 saturated heterocycles. The number of rotatable bonds is 7. The van der Waals surface area contributed by atoms with E-state index in [4.69, 9.17) is 4.42 Å². The van der Waals surface area contributed by atoms with Crippen molar-refractivity contribution in [1.29, 1.82) is 0 Å². The van der Waals surface area contributed by atoms with Crippen LogP contribution in [0.1, 0.15) is 23.7 Å². The Balaban J connectivity index is 1.30. The van der Waals surface area contributed by atoms with Crippen LogP contribution in [0.4, 0.5) is 4.39 Å². The smallest absolute Gasteiger partial charge is 0.226 e. The lowest BCUT2D eigenvalue weighted by molar-refractivity contribution is -0.120. The number of amides is 1. The first kappa shape index (κ1) is 18.9. The zero-order chi connectivity index (χ0) is 20.2. The van der Waals surface area contributed by atoms with Gasteiger partial charge in [0.2, 0.25) is 11.8 Å². The van der Waals surface area contributed by atoms with Gasteiger partial charge in [0.1, 0.15) is 17.4 Å². The van der Waals surface area contributed by atoms with Crippen LogP contribution in [0.5, 0.6) is 0 Å². The first-order valence-electron chi connectivity index (χ1n) is 9.50. The van der Waals surface area contributed by atoms with Crippen LogP contribution in [0.3, 0.4) is 0 Å². The summed E-state index contributed by atoms with van der Waals surface area (Å²) in [5.41, 5.74) is 2.16. The molecule has 3 heterocycles. The highest BCUT2D eigenvalue weighted by Crippen LogP contribution is 2.22. The Bertz CT molecular complexity index is 1150. The van der Waals surface area contributed by atoms with Crippen molar-refractivity contribution in [3.05, 3.63) is 78.0 Å². The monoisotopic (exact) mass is 392 g/mol. The van der Waals surface area contributed by atoms with E-state index < -0.39 is 0 Å². The van der Waals surface area contributed by atoms with E-state index in [2.05, 4.69) is 19.7 Å². The number of fused-ring (bicyclic) bond motifs is 1. The second-order valence-corrected chi connectivity index (χ2v) is 6.83. The molecular weight excluding hydrogens is 371 g/mol. The van der Waals surface area contributed by atoms with E-state index in [-0.39, 0.29) is 18.1 Å². The van der Waals surface area contributed by atoms with Crippen LogP contribution in [0.2, 0.25) is 0 Å². The number of benzene rings is 1. The van der Waals surface area contributed by atoms with Crippen LogP contribution < -0.4 is 5.32 Å². The fraction of sp³-hybridized carbons (Fsp3) is 0.227. The fourth-order valence-electron chi connectivity index (χ4n) is 3.21. The zero-order valence-electron chi connectivity index (χ0n) is 16.1. The second-order valence-electron chi connectivity index (χ2n) is 6.83. The van der Waals surface area contributed by atoms with E-state index in [0.717, 1.165) is 24.2 Å². The van der Waals surface area contributed by atoms with E-state index in [0.29, 0.717) is 29.5 Å². The van der Waals surface area contributed by atoms with Crippen LogP contribution in [0.15, 0.2) is 59.3 Å². The number of imidazole rings is 1.